The molecule has 4 rings (SSSR count). The minimum Gasteiger partial charge on any atom is -0.491 e. The van der Waals surface area contributed by atoms with Crippen molar-refractivity contribution in [1.82, 2.24) is 18.7 Å². The van der Waals surface area contributed by atoms with Gasteiger partial charge in [-0.25, -0.2) is 4.79 Å². The number of hydrogen-bond donors (Lipinski definition) is 1. The normalized spacial score (nSPS) is 15.4. The summed E-state index contributed by atoms with van der Waals surface area (Å²) < 4.78 is 9.94. The van der Waals surface area contributed by atoms with Gasteiger partial charge in [0.15, 0.2) is 11.2 Å². The fourth-order valence-corrected chi connectivity index (χ4v) is 4.03. The zero-order valence-corrected chi connectivity index (χ0v) is 18.2. The fourth-order valence-electron chi connectivity index (χ4n) is 4.03. The first-order valence-electron chi connectivity index (χ1n) is 10.7. The number of aryl methyl sites for hydroxylation is 2. The van der Waals surface area contributed by atoms with Crippen LogP contribution in [0.1, 0.15) is 24.8 Å². The maximum Gasteiger partial charge on any atom is 0.332 e. The van der Waals surface area contributed by atoms with Gasteiger partial charge in [-0.05, 0) is 38.3 Å². The zero-order chi connectivity index (χ0) is 22.1. The van der Waals surface area contributed by atoms with Crippen molar-refractivity contribution in [3.05, 3.63) is 50.7 Å². The van der Waals surface area contributed by atoms with Gasteiger partial charge in [-0.15, -0.1) is 0 Å². The quantitative estimate of drug-likeness (QED) is 0.635. The second-order valence-corrected chi connectivity index (χ2v) is 8.23. The van der Waals surface area contributed by atoms with Gasteiger partial charge < -0.3 is 19.3 Å². The second-order valence-electron chi connectivity index (χ2n) is 8.23. The van der Waals surface area contributed by atoms with E-state index in [1.165, 1.54) is 11.6 Å². The van der Waals surface area contributed by atoms with E-state index in [0.29, 0.717) is 22.9 Å². The van der Waals surface area contributed by atoms with E-state index in [9.17, 15) is 14.7 Å². The molecule has 9 heteroatoms. The largest absolute Gasteiger partial charge is 0.491 e. The van der Waals surface area contributed by atoms with Crippen molar-refractivity contribution in [2.24, 2.45) is 14.1 Å². The van der Waals surface area contributed by atoms with Crippen molar-refractivity contribution in [3.8, 4) is 5.75 Å². The maximum atomic E-state index is 13.0. The van der Waals surface area contributed by atoms with Crippen LogP contribution in [0.25, 0.3) is 11.2 Å². The van der Waals surface area contributed by atoms with E-state index in [0.717, 1.165) is 42.5 Å². The van der Waals surface area contributed by atoms with Gasteiger partial charge in [0.2, 0.25) is 5.95 Å². The highest BCUT2D eigenvalue weighted by Crippen LogP contribution is 2.23. The molecule has 1 fully saturated rings. The van der Waals surface area contributed by atoms with Crippen LogP contribution in [-0.4, -0.2) is 49.6 Å². The Morgan fingerprint density at radius 2 is 1.74 bits per heavy atom. The number of aliphatic hydroxyl groups excluding tert-OH is 1. The minimum atomic E-state index is -0.857. The number of rotatable bonds is 6. The summed E-state index contributed by atoms with van der Waals surface area (Å²) in [4.78, 5) is 32.2. The molecule has 1 saturated heterocycles. The molecule has 0 bridgehead atoms. The molecule has 0 radical (unpaired) electrons. The van der Waals surface area contributed by atoms with Crippen molar-refractivity contribution < 1.29 is 9.84 Å². The molecule has 0 aliphatic carbocycles. The molecule has 1 atom stereocenters. The molecule has 1 N–H and O–H groups in total. The molecule has 3 heterocycles. The van der Waals surface area contributed by atoms with E-state index in [1.807, 2.05) is 31.2 Å². The Labute approximate surface area is 180 Å². The molecule has 0 spiro atoms. The Morgan fingerprint density at radius 3 is 2.42 bits per heavy atom. The van der Waals surface area contributed by atoms with Crippen LogP contribution in [0.15, 0.2) is 33.9 Å². The van der Waals surface area contributed by atoms with Gasteiger partial charge in [0.25, 0.3) is 5.56 Å². The topological polar surface area (TPSA) is 94.5 Å². The third-order valence-corrected chi connectivity index (χ3v) is 5.82. The number of anilines is 1. The number of aliphatic hydroxyl groups is 1. The number of imidazole rings is 1. The molecule has 3 aromatic rings. The number of benzene rings is 1. The first-order valence-corrected chi connectivity index (χ1v) is 10.7. The Hall–Kier alpha value is -3.07. The van der Waals surface area contributed by atoms with Crippen LogP contribution in [0, 0.1) is 6.92 Å². The lowest BCUT2D eigenvalue weighted by atomic mass is 10.1. The maximum absolute atomic E-state index is 13.0. The summed E-state index contributed by atoms with van der Waals surface area (Å²) in [5.74, 6) is 1.29. The molecule has 0 amide bonds. The number of ether oxygens (including phenoxy) is 1. The lowest BCUT2D eigenvalue weighted by Crippen LogP contribution is -2.38. The molecule has 2 aromatic heterocycles. The zero-order valence-electron chi connectivity index (χ0n) is 18.2. The van der Waals surface area contributed by atoms with Gasteiger partial charge in [0, 0.05) is 27.2 Å². The average molecular weight is 428 g/mol. The Balaban J connectivity index is 1.69. The molecular weight excluding hydrogens is 398 g/mol. The smallest absolute Gasteiger partial charge is 0.332 e. The van der Waals surface area contributed by atoms with Gasteiger partial charge in [-0.3, -0.25) is 13.9 Å². The van der Waals surface area contributed by atoms with Gasteiger partial charge in [-0.2, -0.15) is 4.98 Å². The van der Waals surface area contributed by atoms with Gasteiger partial charge in [-0.1, -0.05) is 17.7 Å². The minimum absolute atomic E-state index is 0.0776. The van der Waals surface area contributed by atoms with Gasteiger partial charge >= 0.3 is 5.69 Å². The highest BCUT2D eigenvalue weighted by molar-refractivity contribution is 5.74. The van der Waals surface area contributed by atoms with E-state index in [-0.39, 0.29) is 13.2 Å². The summed E-state index contributed by atoms with van der Waals surface area (Å²) in [7, 11) is 3.07. The Kier molecular flexibility index (Phi) is 5.86. The number of nitrogens with zero attached hydrogens (tertiary/aromatic N) is 5. The van der Waals surface area contributed by atoms with Crippen molar-refractivity contribution in [1.29, 1.82) is 0 Å². The first-order chi connectivity index (χ1) is 14.9. The van der Waals surface area contributed by atoms with Crippen LogP contribution in [0.4, 0.5) is 5.95 Å². The standard InChI is InChI=1S/C22H29N5O4/c1-15-7-9-17(10-8-15)31-14-16(28)13-27-18-19(24(2)22(30)25(3)20(18)29)23-21(27)26-11-5-4-6-12-26/h7-10,16,28H,4-6,11-14H2,1-3H3/t16-/m1/s1. The average Bonchev–Trinajstić information content (AvgIpc) is 3.15. The Bertz CT molecular complexity index is 1190. The molecule has 1 aromatic carbocycles. The molecular formula is C22H29N5O4. The summed E-state index contributed by atoms with van der Waals surface area (Å²) >= 11 is 0. The summed E-state index contributed by atoms with van der Waals surface area (Å²) in [6, 6.07) is 7.62. The van der Waals surface area contributed by atoms with Crippen LogP contribution in [0.3, 0.4) is 0 Å². The molecule has 31 heavy (non-hydrogen) atoms. The lowest BCUT2D eigenvalue weighted by Gasteiger charge is -2.28. The van der Waals surface area contributed by atoms with Crippen LogP contribution in [0.2, 0.25) is 0 Å². The van der Waals surface area contributed by atoms with E-state index in [2.05, 4.69) is 9.88 Å². The summed E-state index contributed by atoms with van der Waals surface area (Å²) in [5.41, 5.74) is 0.946. The van der Waals surface area contributed by atoms with Crippen LogP contribution < -0.4 is 20.9 Å². The predicted molar refractivity (Wildman–Crippen MR) is 119 cm³/mol. The van der Waals surface area contributed by atoms with Gasteiger partial charge in [0.1, 0.15) is 18.5 Å². The fraction of sp³-hybridized carbons (Fsp3) is 0.500. The lowest BCUT2D eigenvalue weighted by molar-refractivity contribution is 0.0936. The number of hydrogen-bond acceptors (Lipinski definition) is 6. The van der Waals surface area contributed by atoms with Crippen LogP contribution in [-0.2, 0) is 20.6 Å². The van der Waals surface area contributed by atoms with E-state index < -0.39 is 17.4 Å². The summed E-state index contributed by atoms with van der Waals surface area (Å²) in [6.45, 7) is 3.87. The van der Waals surface area contributed by atoms with Crippen molar-refractivity contribution >= 4 is 17.1 Å². The number of piperidine rings is 1. The summed E-state index contributed by atoms with van der Waals surface area (Å²) in [6.07, 6.45) is 2.38. The molecule has 0 unspecified atom stereocenters. The number of aromatic nitrogens is 4. The third kappa shape index (κ3) is 4.10. The molecule has 1 aliphatic heterocycles. The third-order valence-electron chi connectivity index (χ3n) is 5.82. The second kappa shape index (κ2) is 8.58. The molecule has 166 valence electrons. The SMILES string of the molecule is Cc1ccc(OC[C@H](O)Cn2c(N3CCCCC3)nc3c2c(=O)n(C)c(=O)n3C)cc1. The van der Waals surface area contributed by atoms with E-state index in [1.54, 1.807) is 11.6 Å². The molecule has 9 nitrogen and oxygen atoms in total. The highest BCUT2D eigenvalue weighted by Gasteiger charge is 2.25. The van der Waals surface area contributed by atoms with Gasteiger partial charge in [0.05, 0.1) is 6.54 Å². The van der Waals surface area contributed by atoms with Crippen LogP contribution >= 0.6 is 0 Å². The van der Waals surface area contributed by atoms with Crippen molar-refractivity contribution in [3.63, 3.8) is 0 Å². The predicted octanol–water partition coefficient (Wildman–Crippen LogP) is 1.17. The van der Waals surface area contributed by atoms with E-state index >= 15 is 0 Å². The first kappa shape index (κ1) is 21.2. The number of fused-ring (bicyclic) bond motifs is 1. The van der Waals surface area contributed by atoms with Crippen LogP contribution in [0.5, 0.6) is 5.75 Å². The van der Waals surface area contributed by atoms with Crippen molar-refractivity contribution in [2.45, 2.75) is 38.8 Å². The summed E-state index contributed by atoms with van der Waals surface area (Å²) in [5, 5.41) is 10.7. The molecule has 0 saturated carbocycles. The highest BCUT2D eigenvalue weighted by atomic mass is 16.5. The molecule has 1 aliphatic rings. The van der Waals surface area contributed by atoms with E-state index in [4.69, 9.17) is 4.74 Å². The van der Waals surface area contributed by atoms with Crippen molar-refractivity contribution in [2.75, 3.05) is 24.6 Å². The Morgan fingerprint density at radius 1 is 1.06 bits per heavy atom. The monoisotopic (exact) mass is 427 g/mol.